The summed E-state index contributed by atoms with van der Waals surface area (Å²) in [6, 6.07) is 4.77. The van der Waals surface area contributed by atoms with E-state index in [1.807, 2.05) is 6.07 Å². The Morgan fingerprint density at radius 2 is 2.12 bits per heavy atom. The lowest BCUT2D eigenvalue weighted by molar-refractivity contribution is 0.0342. The monoisotopic (exact) mass is 222 g/mol. The molecule has 3 rings (SSSR count). The van der Waals surface area contributed by atoms with Crippen LogP contribution in [0.4, 0.5) is 4.39 Å². The molecule has 86 valence electrons. The van der Waals surface area contributed by atoms with Crippen molar-refractivity contribution in [1.29, 1.82) is 0 Å². The molecule has 3 N–H and O–H groups in total. The quantitative estimate of drug-likeness (QED) is 0.696. The summed E-state index contributed by atoms with van der Waals surface area (Å²) in [4.78, 5) is 0. The van der Waals surface area contributed by atoms with Crippen molar-refractivity contribution in [2.24, 2.45) is 5.73 Å². The van der Waals surface area contributed by atoms with Gasteiger partial charge in [0.1, 0.15) is 5.60 Å². The molecule has 16 heavy (non-hydrogen) atoms. The van der Waals surface area contributed by atoms with E-state index in [2.05, 4.69) is 5.32 Å². The third-order valence-electron chi connectivity index (χ3n) is 3.65. The van der Waals surface area contributed by atoms with Gasteiger partial charge in [-0.05, 0) is 19.2 Å². The van der Waals surface area contributed by atoms with Gasteiger partial charge in [0.05, 0.1) is 6.04 Å². The minimum atomic E-state index is -0.393. The average molecular weight is 222 g/mol. The molecule has 1 aromatic rings. The number of hydrogen-bond donors (Lipinski definition) is 2. The fourth-order valence-corrected chi connectivity index (χ4v) is 2.69. The number of piperidine rings is 1. The first-order chi connectivity index (χ1) is 7.73. The first kappa shape index (κ1) is 10.1. The van der Waals surface area contributed by atoms with Gasteiger partial charge < -0.3 is 15.8 Å². The standard InChI is InChI=1S/C12H15FN2O/c13-9-3-1-2-8-10(9)16-12(11(8)14)4-6-15-7-5-12/h1-3,11,15H,4-7,14H2. The van der Waals surface area contributed by atoms with Crippen LogP contribution >= 0.6 is 0 Å². The van der Waals surface area contributed by atoms with Crippen LogP contribution in [0.2, 0.25) is 0 Å². The van der Waals surface area contributed by atoms with Gasteiger partial charge in [0.25, 0.3) is 0 Å². The molecular formula is C12H15FN2O. The molecule has 0 aromatic heterocycles. The molecule has 0 bridgehead atoms. The highest BCUT2D eigenvalue weighted by atomic mass is 19.1. The summed E-state index contributed by atoms with van der Waals surface area (Å²) < 4.78 is 19.4. The van der Waals surface area contributed by atoms with Gasteiger partial charge in [0.2, 0.25) is 0 Å². The summed E-state index contributed by atoms with van der Waals surface area (Å²) in [5.74, 6) is 0.0558. The maximum Gasteiger partial charge on any atom is 0.165 e. The van der Waals surface area contributed by atoms with Crippen LogP contribution in [-0.2, 0) is 0 Å². The minimum absolute atomic E-state index is 0.208. The first-order valence-electron chi connectivity index (χ1n) is 5.67. The summed E-state index contributed by atoms with van der Waals surface area (Å²) in [5, 5.41) is 3.27. The van der Waals surface area contributed by atoms with Crippen molar-refractivity contribution in [1.82, 2.24) is 5.32 Å². The van der Waals surface area contributed by atoms with E-state index in [-0.39, 0.29) is 11.9 Å². The fourth-order valence-electron chi connectivity index (χ4n) is 2.69. The number of rotatable bonds is 0. The smallest absolute Gasteiger partial charge is 0.165 e. The Labute approximate surface area is 93.8 Å². The van der Waals surface area contributed by atoms with E-state index in [9.17, 15) is 4.39 Å². The Balaban J connectivity index is 2.02. The van der Waals surface area contributed by atoms with Crippen molar-refractivity contribution < 1.29 is 9.13 Å². The second kappa shape index (κ2) is 3.43. The van der Waals surface area contributed by atoms with Crippen molar-refractivity contribution in [2.75, 3.05) is 13.1 Å². The Bertz CT molecular complexity index is 415. The molecule has 1 unspecified atom stereocenters. The van der Waals surface area contributed by atoms with E-state index in [1.165, 1.54) is 6.07 Å². The number of fused-ring (bicyclic) bond motifs is 1. The summed E-state index contributed by atoms with van der Waals surface area (Å²) >= 11 is 0. The van der Waals surface area contributed by atoms with Crippen molar-refractivity contribution in [3.8, 4) is 5.75 Å². The Morgan fingerprint density at radius 1 is 1.38 bits per heavy atom. The van der Waals surface area contributed by atoms with Crippen LogP contribution in [-0.4, -0.2) is 18.7 Å². The molecule has 0 aliphatic carbocycles. The number of ether oxygens (including phenoxy) is 1. The van der Waals surface area contributed by atoms with Gasteiger partial charge in [-0.25, -0.2) is 4.39 Å². The SMILES string of the molecule is NC1c2cccc(F)c2OC12CCNCC2. The summed E-state index contributed by atoms with van der Waals surface area (Å²) in [5.41, 5.74) is 6.62. The molecule has 2 aliphatic rings. The minimum Gasteiger partial charge on any atom is -0.482 e. The highest BCUT2D eigenvalue weighted by Gasteiger charge is 2.47. The second-order valence-corrected chi connectivity index (χ2v) is 4.55. The highest BCUT2D eigenvalue weighted by molar-refractivity contribution is 5.43. The van der Waals surface area contributed by atoms with Crippen molar-refractivity contribution in [3.63, 3.8) is 0 Å². The molecule has 1 atom stereocenters. The van der Waals surface area contributed by atoms with Gasteiger partial charge >= 0.3 is 0 Å². The van der Waals surface area contributed by atoms with Gasteiger partial charge in [-0.3, -0.25) is 0 Å². The predicted molar refractivity (Wildman–Crippen MR) is 58.8 cm³/mol. The molecule has 0 amide bonds. The molecule has 4 heteroatoms. The number of para-hydroxylation sites is 1. The van der Waals surface area contributed by atoms with E-state index < -0.39 is 5.60 Å². The fraction of sp³-hybridized carbons (Fsp3) is 0.500. The molecule has 0 saturated carbocycles. The lowest BCUT2D eigenvalue weighted by Crippen LogP contribution is -2.50. The van der Waals surface area contributed by atoms with E-state index >= 15 is 0 Å². The number of hydrogen-bond acceptors (Lipinski definition) is 3. The third kappa shape index (κ3) is 1.26. The van der Waals surface area contributed by atoms with Gasteiger partial charge in [-0.2, -0.15) is 0 Å². The maximum atomic E-state index is 13.6. The van der Waals surface area contributed by atoms with Crippen LogP contribution in [0.3, 0.4) is 0 Å². The van der Waals surface area contributed by atoms with E-state index in [1.54, 1.807) is 6.07 Å². The molecule has 1 saturated heterocycles. The number of benzene rings is 1. The van der Waals surface area contributed by atoms with E-state index in [4.69, 9.17) is 10.5 Å². The lowest BCUT2D eigenvalue weighted by Gasteiger charge is -2.36. The van der Waals surface area contributed by atoms with Crippen LogP contribution in [0, 0.1) is 5.82 Å². The van der Waals surface area contributed by atoms with Crippen molar-refractivity contribution >= 4 is 0 Å². The zero-order valence-electron chi connectivity index (χ0n) is 9.00. The third-order valence-corrected chi connectivity index (χ3v) is 3.65. The van der Waals surface area contributed by atoms with Crippen LogP contribution < -0.4 is 15.8 Å². The molecule has 0 radical (unpaired) electrons. The van der Waals surface area contributed by atoms with Gasteiger partial charge in [-0.15, -0.1) is 0 Å². The average Bonchev–Trinajstić information content (AvgIpc) is 2.57. The van der Waals surface area contributed by atoms with Crippen LogP contribution in [0.25, 0.3) is 0 Å². The molecule has 3 nitrogen and oxygen atoms in total. The summed E-state index contributed by atoms with van der Waals surface area (Å²) in [7, 11) is 0. The molecule has 1 fully saturated rings. The molecule has 1 spiro atoms. The Kier molecular flexibility index (Phi) is 2.16. The second-order valence-electron chi connectivity index (χ2n) is 4.55. The van der Waals surface area contributed by atoms with Crippen LogP contribution in [0.15, 0.2) is 18.2 Å². The van der Waals surface area contributed by atoms with E-state index in [0.29, 0.717) is 5.75 Å². The number of nitrogens with one attached hydrogen (secondary N) is 1. The van der Waals surface area contributed by atoms with Gasteiger partial charge in [-0.1, -0.05) is 12.1 Å². The Morgan fingerprint density at radius 3 is 2.81 bits per heavy atom. The summed E-state index contributed by atoms with van der Waals surface area (Å²) in [6.45, 7) is 1.76. The zero-order chi connectivity index (χ0) is 11.2. The molecule has 2 aliphatic heterocycles. The van der Waals surface area contributed by atoms with Crippen LogP contribution in [0.5, 0.6) is 5.75 Å². The topological polar surface area (TPSA) is 47.3 Å². The molecule has 1 aromatic carbocycles. The zero-order valence-corrected chi connectivity index (χ0v) is 9.00. The lowest BCUT2D eigenvalue weighted by atomic mass is 9.84. The van der Waals surface area contributed by atoms with Gasteiger partial charge in [0.15, 0.2) is 11.6 Å². The number of nitrogens with two attached hydrogens (primary N) is 1. The first-order valence-corrected chi connectivity index (χ1v) is 5.67. The molecule has 2 heterocycles. The summed E-state index contributed by atoms with van der Waals surface area (Å²) in [6.07, 6.45) is 1.67. The van der Waals surface area contributed by atoms with Crippen molar-refractivity contribution in [3.05, 3.63) is 29.6 Å². The maximum absolute atomic E-state index is 13.6. The molecular weight excluding hydrogens is 207 g/mol. The largest absolute Gasteiger partial charge is 0.482 e. The normalized spacial score (nSPS) is 26.5. The van der Waals surface area contributed by atoms with Crippen LogP contribution in [0.1, 0.15) is 24.4 Å². The number of halogens is 1. The highest BCUT2D eigenvalue weighted by Crippen LogP contribution is 2.47. The Hall–Kier alpha value is -1.13. The van der Waals surface area contributed by atoms with Crippen molar-refractivity contribution in [2.45, 2.75) is 24.5 Å². The predicted octanol–water partition coefficient (Wildman–Crippen LogP) is 1.34. The van der Waals surface area contributed by atoms with Gasteiger partial charge in [0, 0.05) is 18.4 Å². The van der Waals surface area contributed by atoms with E-state index in [0.717, 1.165) is 31.5 Å².